The smallest absolute Gasteiger partial charge is 0.326 e. The molecular weight excluding hydrogens is 520 g/mol. The molecule has 3 amide bonds. The number of esters is 1. The number of hydrogen-bond acceptors (Lipinski definition) is 5. The number of nitrogens with one attached hydrogen (secondary N) is 1. The van der Waals surface area contributed by atoms with Gasteiger partial charge in [-0.1, -0.05) is 44.0 Å². The minimum Gasteiger partial charge on any atom is -0.454 e. The molecule has 7 nitrogen and oxygen atoms in total. The van der Waals surface area contributed by atoms with Gasteiger partial charge in [-0.15, -0.1) is 0 Å². The first-order valence-corrected chi connectivity index (χ1v) is 11.7. The van der Waals surface area contributed by atoms with Gasteiger partial charge in [0.2, 0.25) is 11.8 Å². The zero-order valence-corrected chi connectivity index (χ0v) is 19.7. The van der Waals surface area contributed by atoms with Gasteiger partial charge in [0, 0.05) is 15.3 Å². The fourth-order valence-electron chi connectivity index (χ4n) is 4.96. The van der Waals surface area contributed by atoms with Crippen LogP contribution in [0.25, 0.3) is 0 Å². The number of carbonyl (C=O) groups excluding carboxylic acids is 4. The van der Waals surface area contributed by atoms with E-state index in [0.29, 0.717) is 5.69 Å². The molecule has 6 atom stereocenters. The lowest BCUT2D eigenvalue weighted by molar-refractivity contribution is -0.154. The van der Waals surface area contributed by atoms with Crippen molar-refractivity contribution in [2.75, 3.05) is 18.5 Å². The minimum atomic E-state index is -0.772. The van der Waals surface area contributed by atoms with Gasteiger partial charge in [-0.25, -0.2) is 0 Å². The van der Waals surface area contributed by atoms with Crippen molar-refractivity contribution in [1.29, 1.82) is 0 Å². The number of carbonyl (C=O) groups is 4. The van der Waals surface area contributed by atoms with Gasteiger partial charge in [0.1, 0.15) is 6.54 Å². The Bertz CT molecular complexity index is 904. The standard InChI is InChI=1S/C21H22Br2N2O5/c1-9-4-3-5-13(10(9)2)24-14(26)8-30-15(27)7-25-20(28)16-11-6-12(17(16)21(25)29)19(23)18(11)22/h3-5,11-12,16-19H,6-8H2,1-2H3,(H,24,26)/t11-,12-,16-,17-,18-,19+/m1/s1. The van der Waals surface area contributed by atoms with E-state index in [4.69, 9.17) is 4.74 Å². The lowest BCUT2D eigenvalue weighted by Crippen LogP contribution is -2.38. The summed E-state index contributed by atoms with van der Waals surface area (Å²) in [6, 6.07) is 5.53. The number of amides is 3. The minimum absolute atomic E-state index is 0.0881. The number of benzene rings is 1. The molecule has 0 spiro atoms. The number of aryl methyl sites for hydroxylation is 1. The molecule has 1 aromatic rings. The number of rotatable bonds is 5. The summed E-state index contributed by atoms with van der Waals surface area (Å²) in [6.45, 7) is 2.89. The van der Waals surface area contributed by atoms with Gasteiger partial charge in [-0.05, 0) is 49.3 Å². The first kappa shape index (κ1) is 21.5. The van der Waals surface area contributed by atoms with E-state index in [9.17, 15) is 19.2 Å². The summed E-state index contributed by atoms with van der Waals surface area (Å²) in [6.07, 6.45) is 0.829. The molecule has 3 aliphatic rings. The summed E-state index contributed by atoms with van der Waals surface area (Å²) in [5.41, 5.74) is 2.62. The molecule has 160 valence electrons. The summed E-state index contributed by atoms with van der Waals surface area (Å²) < 4.78 is 5.02. The van der Waals surface area contributed by atoms with Crippen LogP contribution in [-0.2, 0) is 23.9 Å². The Labute approximate surface area is 191 Å². The van der Waals surface area contributed by atoms with Crippen molar-refractivity contribution in [3.05, 3.63) is 29.3 Å². The predicted molar refractivity (Wildman–Crippen MR) is 116 cm³/mol. The van der Waals surface area contributed by atoms with E-state index in [2.05, 4.69) is 37.2 Å². The molecule has 0 aromatic heterocycles. The highest BCUT2D eigenvalue weighted by molar-refractivity contribution is 9.12. The fraction of sp³-hybridized carbons (Fsp3) is 0.524. The average Bonchev–Trinajstić information content (AvgIpc) is 3.31. The van der Waals surface area contributed by atoms with Crippen LogP contribution in [0.5, 0.6) is 0 Å². The molecule has 0 radical (unpaired) electrons. The van der Waals surface area contributed by atoms with Gasteiger partial charge in [0.15, 0.2) is 6.61 Å². The van der Waals surface area contributed by atoms with E-state index >= 15 is 0 Å². The lowest BCUT2D eigenvalue weighted by atomic mass is 9.81. The third-order valence-corrected chi connectivity index (χ3v) is 9.82. The molecular formula is C21H22Br2N2O5. The van der Waals surface area contributed by atoms with Crippen LogP contribution in [0.1, 0.15) is 17.5 Å². The van der Waals surface area contributed by atoms with Crippen LogP contribution < -0.4 is 5.32 Å². The van der Waals surface area contributed by atoms with Crippen LogP contribution in [0.2, 0.25) is 0 Å². The maximum atomic E-state index is 12.8. The molecule has 1 aliphatic heterocycles. The zero-order valence-electron chi connectivity index (χ0n) is 16.6. The normalized spacial score (nSPS) is 31.8. The maximum Gasteiger partial charge on any atom is 0.326 e. The molecule has 1 aromatic carbocycles. The number of fused-ring (bicyclic) bond motifs is 5. The lowest BCUT2D eigenvalue weighted by Gasteiger charge is -2.28. The van der Waals surface area contributed by atoms with E-state index in [0.717, 1.165) is 22.4 Å². The van der Waals surface area contributed by atoms with Crippen LogP contribution in [0.15, 0.2) is 18.2 Å². The third kappa shape index (κ3) is 3.49. The van der Waals surface area contributed by atoms with E-state index in [1.54, 1.807) is 6.07 Å². The Morgan fingerprint density at radius 3 is 2.30 bits per heavy atom. The second-order valence-corrected chi connectivity index (χ2v) is 10.3. The second kappa shape index (κ2) is 8.07. The highest BCUT2D eigenvalue weighted by Gasteiger charge is 2.66. The highest BCUT2D eigenvalue weighted by atomic mass is 79.9. The fourth-order valence-corrected chi connectivity index (χ4v) is 6.83. The highest BCUT2D eigenvalue weighted by Crippen LogP contribution is 2.60. The monoisotopic (exact) mass is 540 g/mol. The second-order valence-electron chi connectivity index (χ2n) is 8.22. The van der Waals surface area contributed by atoms with E-state index in [1.165, 1.54) is 0 Å². The number of halogens is 2. The molecule has 1 heterocycles. The van der Waals surface area contributed by atoms with E-state index in [-0.39, 0.29) is 45.1 Å². The molecule has 1 N–H and O–H groups in total. The van der Waals surface area contributed by atoms with Crippen LogP contribution in [0, 0.1) is 37.5 Å². The number of ether oxygens (including phenoxy) is 1. The Balaban J connectivity index is 1.33. The summed E-state index contributed by atoms with van der Waals surface area (Å²) in [5.74, 6) is -2.44. The number of likely N-dealkylation sites (tertiary alicyclic amines) is 1. The first-order valence-electron chi connectivity index (χ1n) is 9.85. The Morgan fingerprint density at radius 1 is 1.10 bits per heavy atom. The summed E-state index contributed by atoms with van der Waals surface area (Å²) in [4.78, 5) is 51.2. The quantitative estimate of drug-likeness (QED) is 0.351. The van der Waals surface area contributed by atoms with Crippen LogP contribution in [-0.4, -0.2) is 51.4 Å². The Morgan fingerprint density at radius 2 is 1.70 bits per heavy atom. The molecule has 2 aliphatic carbocycles. The number of anilines is 1. The van der Waals surface area contributed by atoms with Gasteiger partial charge in [0.05, 0.1) is 11.8 Å². The molecule has 3 fully saturated rings. The molecule has 2 bridgehead atoms. The molecule has 9 heteroatoms. The van der Waals surface area contributed by atoms with Crippen molar-refractivity contribution in [3.63, 3.8) is 0 Å². The van der Waals surface area contributed by atoms with Gasteiger partial charge >= 0.3 is 5.97 Å². The molecule has 2 saturated carbocycles. The summed E-state index contributed by atoms with van der Waals surface area (Å²) in [5, 5.41) is 2.71. The van der Waals surface area contributed by atoms with E-state index in [1.807, 2.05) is 26.0 Å². The molecule has 0 unspecified atom stereocenters. The summed E-state index contributed by atoms with van der Waals surface area (Å²) in [7, 11) is 0. The van der Waals surface area contributed by atoms with E-state index < -0.39 is 25.0 Å². The average molecular weight is 542 g/mol. The number of imide groups is 1. The first-order chi connectivity index (χ1) is 14.2. The molecule has 4 rings (SSSR count). The van der Waals surface area contributed by atoms with Crippen LogP contribution in [0.4, 0.5) is 5.69 Å². The van der Waals surface area contributed by atoms with Crippen molar-refractivity contribution >= 4 is 61.2 Å². The zero-order chi connectivity index (χ0) is 21.7. The van der Waals surface area contributed by atoms with Crippen LogP contribution >= 0.6 is 31.9 Å². The summed E-state index contributed by atoms with van der Waals surface area (Å²) >= 11 is 7.26. The maximum absolute atomic E-state index is 12.8. The number of hydrogen-bond donors (Lipinski definition) is 1. The van der Waals surface area contributed by atoms with Gasteiger partial charge in [0.25, 0.3) is 5.91 Å². The Hall–Kier alpha value is -1.74. The topological polar surface area (TPSA) is 92.8 Å². The molecule has 1 saturated heterocycles. The SMILES string of the molecule is Cc1cccc(NC(=O)COC(=O)CN2C(=O)[C@@H]3[C@H]4C[C@@H]([C@@H](Br)[C@H]4Br)[C@H]3C2=O)c1C. The third-order valence-electron chi connectivity index (χ3n) is 6.61. The molecule has 30 heavy (non-hydrogen) atoms. The van der Waals surface area contributed by atoms with Gasteiger partial charge < -0.3 is 10.1 Å². The van der Waals surface area contributed by atoms with Gasteiger partial charge in [-0.2, -0.15) is 0 Å². The van der Waals surface area contributed by atoms with Crippen molar-refractivity contribution in [2.45, 2.75) is 29.9 Å². The largest absolute Gasteiger partial charge is 0.454 e. The predicted octanol–water partition coefficient (Wildman–Crippen LogP) is 2.56. The van der Waals surface area contributed by atoms with Crippen molar-refractivity contribution in [3.8, 4) is 0 Å². The number of alkyl halides is 2. The van der Waals surface area contributed by atoms with Gasteiger partial charge in [-0.3, -0.25) is 24.1 Å². The van der Waals surface area contributed by atoms with Crippen molar-refractivity contribution < 1.29 is 23.9 Å². The van der Waals surface area contributed by atoms with Crippen molar-refractivity contribution in [1.82, 2.24) is 4.90 Å². The van der Waals surface area contributed by atoms with Crippen molar-refractivity contribution in [2.24, 2.45) is 23.7 Å². The number of nitrogens with zero attached hydrogens (tertiary/aromatic N) is 1. The Kier molecular flexibility index (Phi) is 5.78. The van der Waals surface area contributed by atoms with Crippen LogP contribution in [0.3, 0.4) is 0 Å².